The Kier molecular flexibility index (Phi) is 41.6. The van der Waals surface area contributed by atoms with Crippen LogP contribution in [0.3, 0.4) is 0 Å². The summed E-state index contributed by atoms with van der Waals surface area (Å²) >= 11 is 21.1. The quantitative estimate of drug-likeness (QED) is 0.0122. The van der Waals surface area contributed by atoms with Crippen LogP contribution in [0, 0.1) is 0 Å². The van der Waals surface area contributed by atoms with Crippen LogP contribution in [0.5, 0.6) is 0 Å². The molecule has 6 aromatic carbocycles. The van der Waals surface area contributed by atoms with Crippen LogP contribution in [0.4, 0.5) is 0 Å². The first-order valence-electron chi connectivity index (χ1n) is 29.8. The van der Waals surface area contributed by atoms with Crippen LogP contribution in [-0.4, -0.2) is 126 Å². The molecule has 6 aromatic rings. The maximum atomic E-state index is 13.1. The second-order valence-corrected chi connectivity index (χ2v) is 34.3. The smallest absolute Gasteiger partial charge is 0.313 e. The first-order valence-corrected chi connectivity index (χ1v) is 42.2. The number of nitrogens with zero attached hydrogens (tertiary/aromatic N) is 5. The van der Waals surface area contributed by atoms with Crippen molar-refractivity contribution < 1.29 is 66.0 Å². The molecular weight excluding hydrogens is 1730 g/mol. The fourth-order valence-corrected chi connectivity index (χ4v) is 17.4. The largest absolute Gasteiger partial charge is 0.408 e. The van der Waals surface area contributed by atoms with E-state index >= 15 is 0 Å². The predicted octanol–water partition coefficient (Wildman–Crippen LogP) is 20.9. The lowest BCUT2D eigenvalue weighted by molar-refractivity contribution is 0.101. The van der Waals surface area contributed by atoms with Gasteiger partial charge in [0.2, 0.25) is 0 Å². The third-order valence-electron chi connectivity index (χ3n) is 13.6. The summed E-state index contributed by atoms with van der Waals surface area (Å²) in [5.74, 6) is 0. The van der Waals surface area contributed by atoms with Crippen LogP contribution in [-0.2, 0) is 85.6 Å². The lowest BCUT2D eigenvalue weighted by atomic mass is 9.70. The Labute approximate surface area is 622 Å². The highest BCUT2D eigenvalue weighted by atomic mass is 79.9. The van der Waals surface area contributed by atoms with Crippen molar-refractivity contribution in [1.29, 1.82) is 0 Å². The molecule has 1 heterocycles. The molecule has 20 nitrogen and oxygen atoms in total. The molecule has 0 spiro atoms. The van der Waals surface area contributed by atoms with Gasteiger partial charge in [-0.25, -0.2) is 14.0 Å². The van der Waals surface area contributed by atoms with Crippen molar-refractivity contribution in [2.75, 3.05) is 105 Å². The van der Waals surface area contributed by atoms with Crippen molar-refractivity contribution in [3.8, 4) is 0 Å². The summed E-state index contributed by atoms with van der Waals surface area (Å²) in [5, 5.41) is 3.73. The molecule has 1 saturated heterocycles. The Bertz CT molecular complexity index is 3540. The molecule has 31 heteroatoms. The highest BCUT2D eigenvalue weighted by Crippen LogP contribution is 2.60. The number of benzene rings is 6. The average molecular weight is 1820 g/mol. The summed E-state index contributed by atoms with van der Waals surface area (Å²) in [6.07, 6.45) is 2.03. The van der Waals surface area contributed by atoms with Gasteiger partial charge in [0, 0.05) is 56.8 Å². The zero-order valence-corrected chi connectivity index (χ0v) is 67.9. The molecule has 0 bridgehead atoms. The van der Waals surface area contributed by atoms with Gasteiger partial charge < -0.3 is 27.1 Å². The third-order valence-corrected chi connectivity index (χ3v) is 23.5. The SMILES string of the molecule is C.C.CCOP(=NCC(COS(C)(=O)=O)(c1cccc(Br)c1)c1cccc(Br)c1)(OCC)OCC.CCOP(=O)(OCC)N1CC(c2cccc(Br)c2)(c2cccc(Br)c2)C1.CCOP(OCC)OCC.CS(=O)(=O)OCC(CN=[N+]=[N-])(c1cccc(Br)c1)c1cccc(Br)c1. The summed E-state index contributed by atoms with van der Waals surface area (Å²) in [5.41, 5.74) is 12.2. The molecule has 96 heavy (non-hydrogen) atoms. The molecular formula is C65H90Br6N5O15P3S2. The number of hydrogen-bond acceptors (Lipinski definition) is 17. The number of halogens is 6. The maximum Gasteiger partial charge on any atom is 0.408 e. The van der Waals surface area contributed by atoms with Crippen molar-refractivity contribution in [2.45, 2.75) is 86.5 Å². The number of hydrogen-bond donors (Lipinski definition) is 0. The van der Waals surface area contributed by atoms with Gasteiger partial charge in [0.05, 0.1) is 96.0 Å². The van der Waals surface area contributed by atoms with Gasteiger partial charge in [0.15, 0.2) is 0 Å². The van der Waals surface area contributed by atoms with E-state index in [9.17, 15) is 21.4 Å². The molecule has 0 radical (unpaired) electrons. The van der Waals surface area contributed by atoms with Crippen molar-refractivity contribution >= 4 is 140 Å². The molecule has 534 valence electrons. The van der Waals surface area contributed by atoms with Crippen molar-refractivity contribution in [3.05, 3.63) is 216 Å². The van der Waals surface area contributed by atoms with Gasteiger partial charge in [-0.05, 0) is 167 Å². The zero-order chi connectivity index (χ0) is 69.6. The lowest BCUT2D eigenvalue weighted by Gasteiger charge is -2.52. The molecule has 0 saturated carbocycles. The molecule has 7 rings (SSSR count). The van der Waals surface area contributed by atoms with E-state index in [1.807, 2.05) is 181 Å². The Morgan fingerprint density at radius 2 is 0.792 bits per heavy atom. The van der Waals surface area contributed by atoms with Crippen LogP contribution in [0.25, 0.3) is 10.4 Å². The van der Waals surface area contributed by atoms with Gasteiger partial charge in [-0.3, -0.25) is 17.4 Å². The Morgan fingerprint density at radius 3 is 1.06 bits per heavy atom. The minimum atomic E-state index is -3.73. The van der Waals surface area contributed by atoms with E-state index in [0.29, 0.717) is 65.9 Å². The summed E-state index contributed by atoms with van der Waals surface area (Å²) in [6.45, 7) is 19.7. The molecule has 0 aliphatic carbocycles. The zero-order valence-electron chi connectivity index (χ0n) is 54.0. The highest BCUT2D eigenvalue weighted by molar-refractivity contribution is 9.11. The Hall–Kier alpha value is -2.14. The predicted molar refractivity (Wildman–Crippen MR) is 410 cm³/mol. The van der Waals surface area contributed by atoms with Crippen molar-refractivity contribution in [3.63, 3.8) is 0 Å². The fourth-order valence-electron chi connectivity index (χ4n) is 9.58. The van der Waals surface area contributed by atoms with Gasteiger partial charge in [0.1, 0.15) is 0 Å². The van der Waals surface area contributed by atoms with E-state index in [2.05, 4.69) is 130 Å². The third kappa shape index (κ3) is 27.9. The molecule has 0 aromatic heterocycles. The second kappa shape index (κ2) is 44.4. The van der Waals surface area contributed by atoms with E-state index in [4.69, 9.17) is 54.8 Å². The van der Waals surface area contributed by atoms with Crippen molar-refractivity contribution in [2.24, 2.45) is 9.86 Å². The second-order valence-electron chi connectivity index (χ2n) is 20.3. The van der Waals surface area contributed by atoms with E-state index in [1.165, 1.54) is 11.1 Å². The average Bonchev–Trinajstić information content (AvgIpc) is 0.725. The summed E-state index contributed by atoms with van der Waals surface area (Å²) in [4.78, 5) is 2.86. The van der Waals surface area contributed by atoms with E-state index in [1.54, 1.807) is 0 Å². The first-order chi connectivity index (χ1) is 44.6. The van der Waals surface area contributed by atoms with Crippen LogP contribution >= 0.6 is 120 Å². The Morgan fingerprint density at radius 1 is 0.490 bits per heavy atom. The molecule has 0 unspecified atom stereocenters. The highest BCUT2D eigenvalue weighted by Gasteiger charge is 2.53. The first kappa shape index (κ1) is 89.9. The lowest BCUT2D eigenvalue weighted by Crippen LogP contribution is -2.58. The fraction of sp³-hybridized carbons (Fsp3) is 0.446. The summed E-state index contributed by atoms with van der Waals surface area (Å²) < 4.78 is 127. The van der Waals surface area contributed by atoms with Gasteiger partial charge >= 0.3 is 24.1 Å². The minimum absolute atomic E-state index is 0. The number of azide groups is 1. The standard InChI is InChI=1S/C22H30Br2NO6PS.C19H22Br2NO3P.C16H15Br2N3O3S.C6H15O3P.2CH4/c1-5-28-32(29-6-2,30-7-3)25-16-22(17-31-33(4,26)27,18-10-8-12-20(23)14-18)19-11-9-13-21(24)15-19;1-3-24-26(23,25-4-2)22-13-19(14-22,15-7-5-9-17(20)11-15)16-8-6-10-18(21)12-16;1-25(22,23)24-11-16(10-20-21-19,12-4-2-6-14(17)8-12)13-5-3-7-15(18)9-13;1-4-7-10(8-5-2)9-6-3;;/h8-15H,5-7,16-17H2,1-4H3;5-12H,3-4,13-14H2,1-2H3;2-9H,10-11H2,1H3;4-6H2,1-3H3;2*1H4. The molecule has 1 fully saturated rings. The van der Waals surface area contributed by atoms with Crippen LogP contribution < -0.4 is 0 Å². The van der Waals surface area contributed by atoms with E-state index < -0.39 is 55.2 Å². The van der Waals surface area contributed by atoms with Crippen LogP contribution in [0.2, 0.25) is 0 Å². The normalized spacial score (nSPS) is 13.2. The van der Waals surface area contributed by atoms with Crippen molar-refractivity contribution in [1.82, 2.24) is 4.67 Å². The van der Waals surface area contributed by atoms with E-state index in [-0.39, 0.29) is 46.6 Å². The molecule has 1 aliphatic heterocycles. The maximum absolute atomic E-state index is 13.1. The van der Waals surface area contributed by atoms with Crippen LogP contribution in [0.15, 0.2) is 182 Å². The molecule has 0 amide bonds. The van der Waals surface area contributed by atoms with Crippen LogP contribution in [0.1, 0.15) is 104 Å². The monoisotopic (exact) mass is 1810 g/mol. The van der Waals surface area contributed by atoms with E-state index in [0.717, 1.165) is 61.6 Å². The topological polar surface area (TPSA) is 242 Å². The molecule has 1 aliphatic rings. The molecule has 0 N–H and O–H groups in total. The minimum Gasteiger partial charge on any atom is -0.313 e. The van der Waals surface area contributed by atoms with Gasteiger partial charge in [0.25, 0.3) is 20.2 Å². The van der Waals surface area contributed by atoms with Gasteiger partial charge in [-0.1, -0.05) is 188 Å². The van der Waals surface area contributed by atoms with Gasteiger partial charge in [-0.2, -0.15) is 16.8 Å². The summed E-state index contributed by atoms with van der Waals surface area (Å²) in [6, 6.07) is 46.7. The summed E-state index contributed by atoms with van der Waals surface area (Å²) in [7, 11) is -14.7. The number of rotatable bonds is 33. The van der Waals surface area contributed by atoms with Gasteiger partial charge in [-0.15, -0.1) is 0 Å². The molecule has 0 atom stereocenters. The Balaban J connectivity index is 0.000000456.